The number of carbonyl (C=O) groups is 1. The van der Waals surface area contributed by atoms with Gasteiger partial charge in [-0.15, -0.1) is 11.3 Å². The highest BCUT2D eigenvalue weighted by molar-refractivity contribution is 9.10. The number of nitrogens with one attached hydrogen (secondary N) is 1. The smallest absolute Gasteiger partial charge is 0.332 e. The van der Waals surface area contributed by atoms with Crippen LogP contribution in [0, 0.1) is 6.92 Å². The van der Waals surface area contributed by atoms with E-state index >= 15 is 0 Å². The second-order valence-corrected chi connectivity index (χ2v) is 5.69. The summed E-state index contributed by atoms with van der Waals surface area (Å²) in [7, 11) is 0. The van der Waals surface area contributed by atoms with Gasteiger partial charge in [-0.2, -0.15) is 0 Å². The number of aryl methyl sites for hydroxylation is 1. The molecular formula is C12H11BrN2O2S. The van der Waals surface area contributed by atoms with Crippen LogP contribution in [0.2, 0.25) is 0 Å². The molecule has 0 aliphatic heterocycles. The first-order valence-corrected chi connectivity index (χ1v) is 6.90. The third kappa shape index (κ3) is 3.08. The van der Waals surface area contributed by atoms with E-state index in [0.29, 0.717) is 5.69 Å². The molecule has 4 nitrogen and oxygen atoms in total. The number of aromatic nitrogens is 1. The molecule has 18 heavy (non-hydrogen) atoms. The Kier molecular flexibility index (Phi) is 3.98. The molecule has 6 heteroatoms. The first-order chi connectivity index (χ1) is 8.56. The van der Waals surface area contributed by atoms with Crippen molar-refractivity contribution in [2.75, 3.05) is 5.32 Å². The van der Waals surface area contributed by atoms with Gasteiger partial charge in [-0.3, -0.25) is 0 Å². The summed E-state index contributed by atoms with van der Waals surface area (Å²) in [6.07, 6.45) is 0. The van der Waals surface area contributed by atoms with Gasteiger partial charge in [0, 0.05) is 15.5 Å². The van der Waals surface area contributed by atoms with Gasteiger partial charge in [0.1, 0.15) is 0 Å². The van der Waals surface area contributed by atoms with Gasteiger partial charge in [0.25, 0.3) is 0 Å². The normalized spacial score (nSPS) is 12.1. The van der Waals surface area contributed by atoms with E-state index in [4.69, 9.17) is 0 Å². The Morgan fingerprint density at radius 1 is 1.44 bits per heavy atom. The number of benzene rings is 1. The molecule has 1 unspecified atom stereocenters. The second kappa shape index (κ2) is 5.49. The summed E-state index contributed by atoms with van der Waals surface area (Å²) in [5.41, 5.74) is 1.28. The van der Waals surface area contributed by atoms with E-state index < -0.39 is 12.0 Å². The summed E-state index contributed by atoms with van der Waals surface area (Å²) in [4.78, 5) is 15.5. The van der Waals surface area contributed by atoms with Gasteiger partial charge in [-0.05, 0) is 31.2 Å². The lowest BCUT2D eigenvalue weighted by Gasteiger charge is -2.13. The van der Waals surface area contributed by atoms with Crippen LogP contribution in [0.4, 0.5) is 5.69 Å². The lowest BCUT2D eigenvalue weighted by Crippen LogP contribution is -2.20. The fraction of sp³-hybridized carbons (Fsp3) is 0.167. The van der Waals surface area contributed by atoms with Crippen molar-refractivity contribution in [2.24, 2.45) is 0 Å². The zero-order valence-corrected chi connectivity index (χ0v) is 12.0. The van der Waals surface area contributed by atoms with Crippen molar-refractivity contribution in [3.05, 3.63) is 44.8 Å². The van der Waals surface area contributed by atoms with E-state index in [0.717, 1.165) is 15.2 Å². The molecule has 1 heterocycles. The first-order valence-electron chi connectivity index (χ1n) is 5.23. The maximum absolute atomic E-state index is 11.3. The fourth-order valence-corrected chi connectivity index (χ4v) is 2.39. The minimum Gasteiger partial charge on any atom is -0.479 e. The second-order valence-electron chi connectivity index (χ2n) is 3.71. The van der Waals surface area contributed by atoms with Gasteiger partial charge in [0.05, 0.1) is 10.7 Å². The van der Waals surface area contributed by atoms with E-state index in [2.05, 4.69) is 26.2 Å². The summed E-state index contributed by atoms with van der Waals surface area (Å²) in [6.45, 7) is 1.85. The van der Waals surface area contributed by atoms with Crippen molar-refractivity contribution >= 4 is 38.9 Å². The number of hydrogen-bond acceptors (Lipinski definition) is 4. The highest BCUT2D eigenvalue weighted by Crippen LogP contribution is 2.22. The van der Waals surface area contributed by atoms with Crippen molar-refractivity contribution in [3.8, 4) is 0 Å². The predicted molar refractivity (Wildman–Crippen MR) is 75.0 cm³/mol. The molecule has 1 atom stereocenters. The molecule has 0 fully saturated rings. The number of nitrogens with zero attached hydrogens (tertiary/aromatic N) is 1. The molecule has 2 N–H and O–H groups in total. The van der Waals surface area contributed by atoms with Crippen LogP contribution in [-0.2, 0) is 4.79 Å². The first kappa shape index (κ1) is 13.0. The van der Waals surface area contributed by atoms with E-state index in [-0.39, 0.29) is 0 Å². The van der Waals surface area contributed by atoms with Crippen molar-refractivity contribution in [3.63, 3.8) is 0 Å². The molecule has 0 radical (unpaired) electrons. The average Bonchev–Trinajstić information content (AvgIpc) is 2.74. The number of rotatable bonds is 4. The SMILES string of the molecule is Cc1nc(C(Nc2ccc(Br)cc2)C(=O)O)cs1. The number of halogens is 1. The van der Waals surface area contributed by atoms with Crippen LogP contribution in [0.15, 0.2) is 34.1 Å². The molecular weight excluding hydrogens is 316 g/mol. The molecule has 1 aromatic carbocycles. The predicted octanol–water partition coefficient (Wildman–Crippen LogP) is 3.45. The van der Waals surface area contributed by atoms with Crippen LogP contribution in [0.25, 0.3) is 0 Å². The number of thiazole rings is 1. The summed E-state index contributed by atoms with van der Waals surface area (Å²) in [6, 6.07) is 6.52. The monoisotopic (exact) mass is 326 g/mol. The van der Waals surface area contributed by atoms with E-state index in [1.807, 2.05) is 31.2 Å². The Hall–Kier alpha value is -1.40. The van der Waals surface area contributed by atoms with Crippen LogP contribution in [0.5, 0.6) is 0 Å². The largest absolute Gasteiger partial charge is 0.479 e. The highest BCUT2D eigenvalue weighted by Gasteiger charge is 2.22. The zero-order valence-electron chi connectivity index (χ0n) is 9.55. The molecule has 0 saturated heterocycles. The van der Waals surface area contributed by atoms with Crippen LogP contribution < -0.4 is 5.32 Å². The number of carboxylic acids is 1. The van der Waals surface area contributed by atoms with E-state index in [1.165, 1.54) is 11.3 Å². The average molecular weight is 327 g/mol. The Morgan fingerprint density at radius 2 is 2.11 bits per heavy atom. The van der Waals surface area contributed by atoms with Gasteiger partial charge < -0.3 is 10.4 Å². The van der Waals surface area contributed by atoms with Gasteiger partial charge in [-0.1, -0.05) is 15.9 Å². The molecule has 1 aromatic heterocycles. The third-order valence-electron chi connectivity index (χ3n) is 2.33. The number of aliphatic carboxylic acids is 1. The summed E-state index contributed by atoms with van der Waals surface area (Å²) in [5, 5.41) is 14.8. The molecule has 0 saturated carbocycles. The Labute approximate surface area is 117 Å². The number of carboxylic acid groups (broad SMARTS) is 1. The summed E-state index contributed by atoms with van der Waals surface area (Å²) in [5.74, 6) is -0.941. The molecule has 0 spiro atoms. The molecule has 0 aliphatic carbocycles. The Balaban J connectivity index is 2.22. The lowest BCUT2D eigenvalue weighted by atomic mass is 10.2. The van der Waals surface area contributed by atoms with E-state index in [1.54, 1.807) is 5.38 Å². The molecule has 0 amide bonds. The van der Waals surface area contributed by atoms with Crippen LogP contribution >= 0.6 is 27.3 Å². The van der Waals surface area contributed by atoms with Gasteiger partial charge in [-0.25, -0.2) is 9.78 Å². The fourth-order valence-electron chi connectivity index (χ4n) is 1.49. The standard InChI is InChI=1S/C12H11BrN2O2S/c1-7-14-10(6-18-7)11(12(16)17)15-9-4-2-8(13)3-5-9/h2-6,11,15H,1H3,(H,16,17). The Morgan fingerprint density at radius 3 is 2.61 bits per heavy atom. The lowest BCUT2D eigenvalue weighted by molar-refractivity contribution is -0.138. The number of hydrogen-bond donors (Lipinski definition) is 2. The van der Waals surface area contributed by atoms with Crippen molar-refractivity contribution in [1.29, 1.82) is 0 Å². The Bertz CT molecular complexity index is 553. The minimum absolute atomic E-state index is 0.535. The van der Waals surface area contributed by atoms with Crippen molar-refractivity contribution in [2.45, 2.75) is 13.0 Å². The third-order valence-corrected chi connectivity index (χ3v) is 3.66. The van der Waals surface area contributed by atoms with Crippen molar-refractivity contribution in [1.82, 2.24) is 4.98 Å². The van der Waals surface area contributed by atoms with Gasteiger partial charge in [0.2, 0.25) is 0 Å². The summed E-state index contributed by atoms with van der Waals surface area (Å²) < 4.78 is 0.949. The van der Waals surface area contributed by atoms with Crippen LogP contribution in [0.3, 0.4) is 0 Å². The van der Waals surface area contributed by atoms with Crippen LogP contribution in [0.1, 0.15) is 16.7 Å². The van der Waals surface area contributed by atoms with Crippen LogP contribution in [-0.4, -0.2) is 16.1 Å². The minimum atomic E-state index is -0.941. The van der Waals surface area contributed by atoms with Gasteiger partial charge in [0.15, 0.2) is 6.04 Å². The zero-order chi connectivity index (χ0) is 13.1. The molecule has 2 rings (SSSR count). The molecule has 2 aromatic rings. The maximum Gasteiger partial charge on any atom is 0.332 e. The molecule has 0 bridgehead atoms. The quantitative estimate of drug-likeness (QED) is 0.903. The maximum atomic E-state index is 11.3. The van der Waals surface area contributed by atoms with Gasteiger partial charge >= 0.3 is 5.97 Å². The summed E-state index contributed by atoms with van der Waals surface area (Å²) >= 11 is 4.78. The highest BCUT2D eigenvalue weighted by atomic mass is 79.9. The topological polar surface area (TPSA) is 62.2 Å². The van der Waals surface area contributed by atoms with E-state index in [9.17, 15) is 9.90 Å². The van der Waals surface area contributed by atoms with Crippen molar-refractivity contribution < 1.29 is 9.90 Å². The molecule has 0 aliphatic rings. The number of anilines is 1. The molecule has 94 valence electrons.